The van der Waals surface area contributed by atoms with Crippen LogP contribution < -0.4 is 5.32 Å². The van der Waals surface area contributed by atoms with E-state index in [0.717, 1.165) is 35.1 Å². The minimum atomic E-state index is -1.45. The molecule has 1 heterocycles. The van der Waals surface area contributed by atoms with Crippen molar-refractivity contribution in [1.29, 1.82) is 0 Å². The molecule has 8 nitrogen and oxygen atoms in total. The second kappa shape index (κ2) is 8.68. The Hall–Kier alpha value is -3.39. The van der Waals surface area contributed by atoms with Gasteiger partial charge >= 0.3 is 12.1 Å². The number of nitrogens with zero attached hydrogens (tertiary/aromatic N) is 1. The predicted octanol–water partition coefficient (Wildman–Crippen LogP) is 3.40. The molecule has 0 bridgehead atoms. The fraction of sp³-hybridized carbons (Fsp3) is 0.444. The maximum atomic E-state index is 13.6. The Morgan fingerprint density at radius 2 is 1.74 bits per heavy atom. The van der Waals surface area contributed by atoms with Crippen LogP contribution in [0, 0.1) is 5.92 Å². The summed E-state index contributed by atoms with van der Waals surface area (Å²) in [4.78, 5) is 40.0. The molecule has 0 aromatic heterocycles. The van der Waals surface area contributed by atoms with E-state index in [0.29, 0.717) is 13.0 Å². The second-order valence-corrected chi connectivity index (χ2v) is 9.95. The van der Waals surface area contributed by atoms with Gasteiger partial charge < -0.3 is 24.8 Å². The van der Waals surface area contributed by atoms with Crippen LogP contribution in [0.3, 0.4) is 0 Å². The number of methoxy groups -OCH3 is 1. The number of aliphatic carboxylic acids is 1. The third-order valence-corrected chi connectivity index (χ3v) is 7.73. The number of fused-ring (bicyclic) bond motifs is 4. The Balaban J connectivity index is 1.31. The number of benzene rings is 2. The number of hydrogen-bond donors (Lipinski definition) is 2. The molecule has 1 saturated heterocycles. The van der Waals surface area contributed by atoms with Gasteiger partial charge in [0.1, 0.15) is 17.7 Å². The Labute approximate surface area is 204 Å². The number of rotatable bonds is 7. The minimum absolute atomic E-state index is 0.0426. The lowest BCUT2D eigenvalue weighted by molar-refractivity contribution is -0.158. The number of carboxylic acid groups (broad SMARTS) is 1. The van der Waals surface area contributed by atoms with Crippen LogP contribution in [0.25, 0.3) is 11.1 Å². The van der Waals surface area contributed by atoms with Gasteiger partial charge in [0.15, 0.2) is 0 Å². The number of ether oxygens (including phenoxy) is 2. The number of hydrogen-bond acceptors (Lipinski definition) is 5. The lowest BCUT2D eigenvalue weighted by Crippen LogP contribution is -2.65. The van der Waals surface area contributed by atoms with E-state index in [4.69, 9.17) is 9.47 Å². The minimum Gasteiger partial charge on any atom is -0.479 e. The molecule has 3 atom stereocenters. The van der Waals surface area contributed by atoms with Gasteiger partial charge in [0.2, 0.25) is 0 Å². The van der Waals surface area contributed by atoms with Crippen molar-refractivity contribution in [1.82, 2.24) is 10.2 Å². The molecule has 1 saturated carbocycles. The number of carbonyl (C=O) groups is 3. The Kier molecular flexibility index (Phi) is 5.79. The summed E-state index contributed by atoms with van der Waals surface area (Å²) in [5.74, 6) is -1.60. The Bertz CT molecular complexity index is 1140. The summed E-state index contributed by atoms with van der Waals surface area (Å²) in [6.07, 6.45) is 1.23. The molecule has 2 amide bonds. The van der Waals surface area contributed by atoms with Gasteiger partial charge in [-0.15, -0.1) is 0 Å². The van der Waals surface area contributed by atoms with E-state index in [-0.39, 0.29) is 25.0 Å². The first-order chi connectivity index (χ1) is 16.8. The molecule has 3 aliphatic rings. The Morgan fingerprint density at radius 3 is 2.34 bits per heavy atom. The summed E-state index contributed by atoms with van der Waals surface area (Å²) in [6.45, 7) is 1.91. The van der Waals surface area contributed by atoms with Gasteiger partial charge in [-0.1, -0.05) is 48.5 Å². The first-order valence-corrected chi connectivity index (χ1v) is 12.0. The van der Waals surface area contributed by atoms with Crippen molar-refractivity contribution in [3.05, 3.63) is 59.7 Å². The van der Waals surface area contributed by atoms with Crippen LogP contribution in [0.15, 0.2) is 48.5 Å². The number of amides is 2. The summed E-state index contributed by atoms with van der Waals surface area (Å²) in [5.41, 5.74) is 1.80. The highest BCUT2D eigenvalue weighted by Crippen LogP contribution is 2.54. The molecule has 2 aliphatic carbocycles. The number of piperidine rings is 1. The van der Waals surface area contributed by atoms with E-state index in [2.05, 4.69) is 17.4 Å². The molecule has 0 radical (unpaired) electrons. The lowest BCUT2D eigenvalue weighted by Gasteiger charge is -2.40. The molecule has 184 valence electrons. The number of alkyl carbamates (subject to hydrolysis) is 1. The van der Waals surface area contributed by atoms with Gasteiger partial charge in [-0.2, -0.15) is 0 Å². The van der Waals surface area contributed by atoms with Crippen LogP contribution in [0.2, 0.25) is 0 Å². The Morgan fingerprint density at radius 1 is 1.11 bits per heavy atom. The van der Waals surface area contributed by atoms with E-state index in [1.807, 2.05) is 36.4 Å². The van der Waals surface area contributed by atoms with E-state index in [1.54, 1.807) is 6.92 Å². The molecule has 2 fully saturated rings. The second-order valence-electron chi connectivity index (χ2n) is 9.95. The normalized spacial score (nSPS) is 23.9. The number of carboxylic acids is 1. The van der Waals surface area contributed by atoms with Crippen LogP contribution in [-0.4, -0.2) is 65.9 Å². The maximum Gasteiger partial charge on any atom is 0.408 e. The number of carbonyl (C=O) groups excluding carboxylic acids is 2. The largest absolute Gasteiger partial charge is 0.479 e. The van der Waals surface area contributed by atoms with Gasteiger partial charge in [0.05, 0.1) is 6.61 Å². The summed E-state index contributed by atoms with van der Waals surface area (Å²) < 4.78 is 10.9. The first kappa shape index (κ1) is 23.4. The van der Waals surface area contributed by atoms with E-state index < -0.39 is 29.0 Å². The van der Waals surface area contributed by atoms with Gasteiger partial charge in [-0.25, -0.2) is 9.59 Å². The van der Waals surface area contributed by atoms with E-state index >= 15 is 0 Å². The third kappa shape index (κ3) is 3.76. The van der Waals surface area contributed by atoms with Crippen molar-refractivity contribution >= 4 is 18.0 Å². The monoisotopic (exact) mass is 478 g/mol. The molecule has 1 aliphatic heterocycles. The lowest BCUT2D eigenvalue weighted by atomic mass is 9.95. The molecule has 0 spiro atoms. The van der Waals surface area contributed by atoms with Crippen LogP contribution in [0.4, 0.5) is 4.79 Å². The van der Waals surface area contributed by atoms with Crippen LogP contribution in [0.5, 0.6) is 0 Å². The first-order valence-electron chi connectivity index (χ1n) is 12.0. The highest BCUT2D eigenvalue weighted by molar-refractivity contribution is 5.96. The van der Waals surface area contributed by atoms with Crippen molar-refractivity contribution in [3.8, 4) is 11.1 Å². The van der Waals surface area contributed by atoms with Crippen molar-refractivity contribution in [2.75, 3.05) is 26.9 Å². The number of nitrogens with one attached hydrogen (secondary N) is 1. The standard InChI is InChI=1S/C27H30N2O6/c1-26(16-34-2,23(30)29-13-7-8-17-14-27(17,29)24(31)32)28-25(33)35-15-22-20-11-5-3-9-18(20)19-10-4-6-12-21(19)22/h3-6,9-12,17,22H,7-8,13-16H2,1-2H3,(H,28,33)(H,31,32)/t17-,26?,27+/m1/s1. The number of likely N-dealkylation sites (tertiary alicyclic amines) is 1. The molecule has 35 heavy (non-hydrogen) atoms. The van der Waals surface area contributed by atoms with Gasteiger partial charge in [0, 0.05) is 19.6 Å². The van der Waals surface area contributed by atoms with E-state index in [1.165, 1.54) is 12.0 Å². The zero-order valence-corrected chi connectivity index (χ0v) is 20.0. The smallest absolute Gasteiger partial charge is 0.408 e. The average Bonchev–Trinajstić information content (AvgIpc) is 3.53. The summed E-state index contributed by atoms with van der Waals surface area (Å²) >= 11 is 0. The van der Waals surface area contributed by atoms with Crippen molar-refractivity contribution in [2.45, 2.75) is 43.2 Å². The molecule has 2 aromatic carbocycles. The molecule has 8 heteroatoms. The fourth-order valence-electron chi connectivity index (χ4n) is 5.94. The zero-order chi connectivity index (χ0) is 24.8. The summed E-state index contributed by atoms with van der Waals surface area (Å²) in [7, 11) is 1.44. The van der Waals surface area contributed by atoms with Gasteiger partial charge in [-0.05, 0) is 54.4 Å². The summed E-state index contributed by atoms with van der Waals surface area (Å²) in [6, 6.07) is 16.1. The fourth-order valence-corrected chi connectivity index (χ4v) is 5.94. The zero-order valence-electron chi connectivity index (χ0n) is 20.0. The molecule has 2 aromatic rings. The molecule has 2 N–H and O–H groups in total. The van der Waals surface area contributed by atoms with Crippen LogP contribution in [-0.2, 0) is 19.1 Å². The SMILES string of the molecule is COCC(C)(NC(=O)OCC1c2ccccc2-c2ccccc21)C(=O)N1CCC[C@@H]2C[C@@]21C(=O)O. The highest BCUT2D eigenvalue weighted by Gasteiger charge is 2.68. The highest BCUT2D eigenvalue weighted by atomic mass is 16.5. The molecular formula is C27H30N2O6. The molecule has 5 rings (SSSR count). The molecular weight excluding hydrogens is 448 g/mol. The van der Waals surface area contributed by atoms with Crippen molar-refractivity contribution < 1.29 is 29.0 Å². The van der Waals surface area contributed by atoms with Gasteiger partial charge in [0.25, 0.3) is 5.91 Å². The summed E-state index contributed by atoms with van der Waals surface area (Å²) in [5, 5.41) is 12.6. The quantitative estimate of drug-likeness (QED) is 0.632. The third-order valence-electron chi connectivity index (χ3n) is 7.73. The van der Waals surface area contributed by atoms with Crippen molar-refractivity contribution in [3.63, 3.8) is 0 Å². The van der Waals surface area contributed by atoms with E-state index in [9.17, 15) is 19.5 Å². The van der Waals surface area contributed by atoms with Gasteiger partial charge in [-0.3, -0.25) is 4.79 Å². The topological polar surface area (TPSA) is 105 Å². The van der Waals surface area contributed by atoms with Crippen LogP contribution in [0.1, 0.15) is 43.2 Å². The predicted molar refractivity (Wildman–Crippen MR) is 128 cm³/mol. The van der Waals surface area contributed by atoms with Crippen LogP contribution >= 0.6 is 0 Å². The average molecular weight is 479 g/mol. The maximum absolute atomic E-state index is 13.6. The van der Waals surface area contributed by atoms with Crippen molar-refractivity contribution in [2.24, 2.45) is 5.92 Å². The molecule has 1 unspecified atom stereocenters.